The van der Waals surface area contributed by atoms with Crippen molar-refractivity contribution in [1.82, 2.24) is 9.55 Å². The number of nitrogen functional groups attached to an aromatic ring is 1. The Morgan fingerprint density at radius 2 is 2.00 bits per heavy atom. The molecule has 1 saturated heterocycles. The number of ether oxygens (including phenoxy) is 1. The molecular weight excluding hydrogens is 357 g/mol. The molecule has 2 aromatic rings. The molecular formula is C18H18FN3O5. The lowest BCUT2D eigenvalue weighted by molar-refractivity contribution is -0.119. The lowest BCUT2D eigenvalue weighted by Crippen LogP contribution is -2.36. The first-order chi connectivity index (χ1) is 12.9. The van der Waals surface area contributed by atoms with Crippen LogP contribution in [0.3, 0.4) is 0 Å². The molecule has 1 aromatic carbocycles. The number of allylic oxidation sites excluding steroid dienone is 1. The van der Waals surface area contributed by atoms with Crippen LogP contribution in [0.5, 0.6) is 0 Å². The second-order valence-electron chi connectivity index (χ2n) is 6.12. The molecule has 4 atom stereocenters. The van der Waals surface area contributed by atoms with Crippen LogP contribution in [0.1, 0.15) is 18.2 Å². The summed E-state index contributed by atoms with van der Waals surface area (Å²) in [6.45, 7) is 0. The number of hydrogen-bond acceptors (Lipinski definition) is 7. The Kier molecular flexibility index (Phi) is 5.45. The van der Waals surface area contributed by atoms with Gasteiger partial charge >= 0.3 is 5.69 Å². The minimum absolute atomic E-state index is 0.225. The Morgan fingerprint density at radius 1 is 1.30 bits per heavy atom. The number of nitrogens with two attached hydrogens (primary N) is 1. The van der Waals surface area contributed by atoms with E-state index in [0.717, 1.165) is 11.8 Å². The van der Waals surface area contributed by atoms with E-state index in [1.54, 1.807) is 6.08 Å². The number of ketones is 1. The van der Waals surface area contributed by atoms with Crippen LogP contribution >= 0.6 is 0 Å². The molecule has 0 radical (unpaired) electrons. The SMILES string of the molecule is Nc1nc(=O)n([C@@H]2O[C@H](CC(=O)C=Cc3ccccc3)[C@@H](O)[C@H]2O)cc1F. The highest BCUT2D eigenvalue weighted by atomic mass is 19.1. The van der Waals surface area contributed by atoms with Gasteiger partial charge in [0.15, 0.2) is 23.6 Å². The number of aromatic nitrogens is 2. The average molecular weight is 375 g/mol. The molecule has 1 aliphatic rings. The average Bonchev–Trinajstić information content (AvgIpc) is 2.92. The fourth-order valence-corrected chi connectivity index (χ4v) is 2.79. The molecule has 27 heavy (non-hydrogen) atoms. The predicted molar refractivity (Wildman–Crippen MR) is 93.9 cm³/mol. The Morgan fingerprint density at radius 3 is 2.70 bits per heavy atom. The first kappa shape index (κ1) is 18.9. The number of aliphatic hydroxyl groups excluding tert-OH is 2. The number of nitrogens with zero attached hydrogens (tertiary/aromatic N) is 2. The lowest BCUT2D eigenvalue weighted by Gasteiger charge is -2.17. The van der Waals surface area contributed by atoms with Crippen molar-refractivity contribution in [2.45, 2.75) is 31.0 Å². The molecule has 1 aromatic heterocycles. The van der Waals surface area contributed by atoms with Crippen molar-refractivity contribution in [3.05, 3.63) is 64.5 Å². The minimum Gasteiger partial charge on any atom is -0.388 e. The smallest absolute Gasteiger partial charge is 0.351 e. The summed E-state index contributed by atoms with van der Waals surface area (Å²) in [6.07, 6.45) is -1.96. The summed E-state index contributed by atoms with van der Waals surface area (Å²) in [5.41, 5.74) is 5.10. The van der Waals surface area contributed by atoms with E-state index in [4.69, 9.17) is 10.5 Å². The fourth-order valence-electron chi connectivity index (χ4n) is 2.79. The van der Waals surface area contributed by atoms with Gasteiger partial charge in [0.25, 0.3) is 0 Å². The monoisotopic (exact) mass is 375 g/mol. The lowest BCUT2D eigenvalue weighted by atomic mass is 10.0. The zero-order valence-corrected chi connectivity index (χ0v) is 14.1. The van der Waals surface area contributed by atoms with Gasteiger partial charge in [-0.15, -0.1) is 0 Å². The molecule has 0 unspecified atom stereocenters. The molecule has 0 aliphatic carbocycles. The summed E-state index contributed by atoms with van der Waals surface area (Å²) in [4.78, 5) is 27.3. The quantitative estimate of drug-likeness (QED) is 0.640. The molecule has 0 spiro atoms. The molecule has 0 bridgehead atoms. The first-order valence-corrected chi connectivity index (χ1v) is 8.18. The molecule has 1 aliphatic heterocycles. The summed E-state index contributed by atoms with van der Waals surface area (Å²) in [5.74, 6) is -1.89. The molecule has 1 fully saturated rings. The van der Waals surface area contributed by atoms with Gasteiger partial charge in [-0.05, 0) is 11.6 Å². The van der Waals surface area contributed by atoms with Gasteiger partial charge in [-0.1, -0.05) is 36.4 Å². The van der Waals surface area contributed by atoms with Crippen LogP contribution in [0.15, 0.2) is 47.4 Å². The van der Waals surface area contributed by atoms with E-state index in [-0.39, 0.29) is 12.2 Å². The Hall–Kier alpha value is -2.88. The zero-order valence-electron chi connectivity index (χ0n) is 14.1. The van der Waals surface area contributed by atoms with Crippen molar-refractivity contribution >= 4 is 17.7 Å². The largest absolute Gasteiger partial charge is 0.388 e. The molecule has 0 amide bonds. The molecule has 8 nitrogen and oxygen atoms in total. The number of carbonyl (C=O) groups excluding carboxylic acids is 1. The maximum Gasteiger partial charge on any atom is 0.351 e. The third kappa shape index (κ3) is 4.11. The zero-order chi connectivity index (χ0) is 19.6. The second kappa shape index (κ2) is 7.78. The van der Waals surface area contributed by atoms with Crippen LogP contribution in [0.4, 0.5) is 10.2 Å². The summed E-state index contributed by atoms with van der Waals surface area (Å²) >= 11 is 0. The summed E-state index contributed by atoms with van der Waals surface area (Å²) in [5, 5.41) is 20.3. The van der Waals surface area contributed by atoms with Gasteiger partial charge in [-0.25, -0.2) is 9.18 Å². The Bertz CT molecular complexity index is 915. The topological polar surface area (TPSA) is 128 Å². The van der Waals surface area contributed by atoms with Crippen molar-refractivity contribution in [3.63, 3.8) is 0 Å². The maximum atomic E-state index is 13.6. The second-order valence-corrected chi connectivity index (χ2v) is 6.12. The molecule has 0 saturated carbocycles. The van der Waals surface area contributed by atoms with Crippen LogP contribution in [0.2, 0.25) is 0 Å². The van der Waals surface area contributed by atoms with Crippen molar-refractivity contribution in [2.75, 3.05) is 5.73 Å². The van der Waals surface area contributed by atoms with Gasteiger partial charge in [0, 0.05) is 6.42 Å². The molecule has 4 N–H and O–H groups in total. The number of hydrogen-bond donors (Lipinski definition) is 3. The van der Waals surface area contributed by atoms with E-state index in [2.05, 4.69) is 4.98 Å². The normalized spacial score (nSPS) is 25.1. The van der Waals surface area contributed by atoms with Gasteiger partial charge in [-0.2, -0.15) is 4.98 Å². The van der Waals surface area contributed by atoms with Crippen LogP contribution in [-0.2, 0) is 9.53 Å². The van der Waals surface area contributed by atoms with E-state index >= 15 is 0 Å². The van der Waals surface area contributed by atoms with Gasteiger partial charge in [-0.3, -0.25) is 9.36 Å². The van der Waals surface area contributed by atoms with E-state index < -0.39 is 41.9 Å². The third-order valence-corrected chi connectivity index (χ3v) is 4.21. The maximum absolute atomic E-state index is 13.6. The number of rotatable bonds is 5. The fraction of sp³-hybridized carbons (Fsp3) is 0.278. The highest BCUT2D eigenvalue weighted by molar-refractivity contribution is 5.93. The van der Waals surface area contributed by atoms with Crippen molar-refractivity contribution in [1.29, 1.82) is 0 Å². The molecule has 142 valence electrons. The van der Waals surface area contributed by atoms with Crippen LogP contribution in [-0.4, -0.2) is 43.9 Å². The van der Waals surface area contributed by atoms with Crippen molar-refractivity contribution < 1.29 is 24.1 Å². The van der Waals surface area contributed by atoms with Gasteiger partial charge < -0.3 is 20.7 Å². The number of aliphatic hydroxyl groups is 2. The van der Waals surface area contributed by atoms with E-state index in [9.17, 15) is 24.2 Å². The summed E-state index contributed by atoms with van der Waals surface area (Å²) in [7, 11) is 0. The third-order valence-electron chi connectivity index (χ3n) is 4.21. The van der Waals surface area contributed by atoms with Crippen LogP contribution in [0, 0.1) is 5.82 Å². The number of carbonyl (C=O) groups is 1. The van der Waals surface area contributed by atoms with Crippen LogP contribution in [0.25, 0.3) is 6.08 Å². The molecule has 2 heterocycles. The number of benzene rings is 1. The van der Waals surface area contributed by atoms with Crippen molar-refractivity contribution in [2.24, 2.45) is 0 Å². The van der Waals surface area contributed by atoms with E-state index in [1.165, 1.54) is 6.08 Å². The summed E-state index contributed by atoms with van der Waals surface area (Å²) < 4.78 is 19.7. The van der Waals surface area contributed by atoms with Crippen molar-refractivity contribution in [3.8, 4) is 0 Å². The van der Waals surface area contributed by atoms with E-state index in [0.29, 0.717) is 4.57 Å². The first-order valence-electron chi connectivity index (χ1n) is 8.18. The molecule has 3 rings (SSSR count). The van der Waals surface area contributed by atoms with Crippen LogP contribution < -0.4 is 11.4 Å². The molecule has 9 heteroatoms. The predicted octanol–water partition coefficient (Wildman–Crippen LogP) is 0.256. The highest BCUT2D eigenvalue weighted by Gasteiger charge is 2.44. The number of anilines is 1. The Labute approximate surface area is 153 Å². The van der Waals surface area contributed by atoms with Gasteiger partial charge in [0.05, 0.1) is 12.3 Å². The summed E-state index contributed by atoms with van der Waals surface area (Å²) in [6, 6.07) is 9.14. The Balaban J connectivity index is 1.72. The van der Waals surface area contributed by atoms with Gasteiger partial charge in [0.1, 0.15) is 12.2 Å². The standard InChI is InChI=1S/C18H18FN3O5/c19-12-9-22(18(26)21-16(12)20)17-15(25)14(24)13(27-17)8-11(23)7-6-10-4-2-1-3-5-10/h1-7,9,13-15,17,24-25H,8H2,(H2,20,21,26)/t13-,14-,15-,17-/m1/s1. The highest BCUT2D eigenvalue weighted by Crippen LogP contribution is 2.30. The van der Waals surface area contributed by atoms with E-state index in [1.807, 2.05) is 30.3 Å². The van der Waals surface area contributed by atoms with Gasteiger partial charge in [0.2, 0.25) is 0 Å². The number of halogens is 1. The minimum atomic E-state index is -1.54.